The summed E-state index contributed by atoms with van der Waals surface area (Å²) in [5.74, 6) is -0.199. The van der Waals surface area contributed by atoms with Crippen molar-refractivity contribution in [2.24, 2.45) is 0 Å². The number of hydrogen-bond acceptors (Lipinski definition) is 6. The number of rotatable bonds is 9. The van der Waals surface area contributed by atoms with Crippen molar-refractivity contribution in [3.63, 3.8) is 0 Å². The standard InChI is InChI=1S/C24H33FN6O3/c1-3-4-5-6-7-23(32)29-12-10-28(11-13-29)22-9-8-19(14-21(22)25)31-17-20(34-24(31)33)16-30-15-18(2)26-27-30/h8-9,14-15,20H,3-7,10-13,16-17H2,1-2H3/t20-/m0/s1. The highest BCUT2D eigenvalue weighted by atomic mass is 19.1. The van der Waals surface area contributed by atoms with Crippen LogP contribution in [0.2, 0.25) is 0 Å². The SMILES string of the molecule is CCCCCCC(=O)N1CCN(c2ccc(N3C[C@H](Cn4cc(C)nn4)OC3=O)cc2F)CC1. The second-order valence-corrected chi connectivity index (χ2v) is 9.01. The van der Waals surface area contributed by atoms with E-state index >= 15 is 4.39 Å². The van der Waals surface area contributed by atoms with Gasteiger partial charge in [0, 0.05) is 38.8 Å². The van der Waals surface area contributed by atoms with Crippen molar-refractivity contribution in [3.05, 3.63) is 35.9 Å². The maximum Gasteiger partial charge on any atom is 0.414 e. The number of carbonyl (C=O) groups excluding carboxylic acids is 2. The summed E-state index contributed by atoms with van der Waals surface area (Å²) >= 11 is 0. The maximum atomic E-state index is 15.0. The molecule has 34 heavy (non-hydrogen) atoms. The molecule has 0 radical (unpaired) electrons. The minimum absolute atomic E-state index is 0.190. The third-order valence-electron chi connectivity index (χ3n) is 6.38. The highest BCUT2D eigenvalue weighted by Crippen LogP contribution is 2.29. The number of nitrogens with zero attached hydrogens (tertiary/aromatic N) is 6. The summed E-state index contributed by atoms with van der Waals surface area (Å²) < 4.78 is 22.1. The van der Waals surface area contributed by atoms with E-state index in [0.29, 0.717) is 57.1 Å². The third kappa shape index (κ3) is 5.66. The number of unbranched alkanes of at least 4 members (excludes halogenated alkanes) is 3. The summed E-state index contributed by atoms with van der Waals surface area (Å²) in [4.78, 5) is 30.1. The van der Waals surface area contributed by atoms with E-state index in [4.69, 9.17) is 4.74 Å². The van der Waals surface area contributed by atoms with Gasteiger partial charge in [-0.05, 0) is 31.5 Å². The molecule has 2 amide bonds. The molecule has 0 saturated carbocycles. The van der Waals surface area contributed by atoms with E-state index in [1.807, 2.05) is 16.7 Å². The van der Waals surface area contributed by atoms with E-state index < -0.39 is 6.09 Å². The predicted molar refractivity (Wildman–Crippen MR) is 126 cm³/mol. The summed E-state index contributed by atoms with van der Waals surface area (Å²) in [5.41, 5.74) is 1.74. The lowest BCUT2D eigenvalue weighted by molar-refractivity contribution is -0.131. The number of anilines is 2. The Kier molecular flexibility index (Phi) is 7.64. The molecule has 3 heterocycles. The first kappa shape index (κ1) is 24.0. The summed E-state index contributed by atoms with van der Waals surface area (Å²) in [6, 6.07) is 4.82. The van der Waals surface area contributed by atoms with Crippen LogP contribution in [-0.4, -0.2) is 70.7 Å². The van der Waals surface area contributed by atoms with E-state index in [0.717, 1.165) is 31.4 Å². The molecule has 0 aliphatic carbocycles. The number of halogens is 1. The Hall–Kier alpha value is -3.17. The Balaban J connectivity index is 1.31. The lowest BCUT2D eigenvalue weighted by Crippen LogP contribution is -2.49. The van der Waals surface area contributed by atoms with Crippen molar-refractivity contribution in [1.82, 2.24) is 19.9 Å². The second kappa shape index (κ2) is 10.8. The quantitative estimate of drug-likeness (QED) is 0.521. The first-order valence-corrected chi connectivity index (χ1v) is 12.1. The molecule has 1 aromatic heterocycles. The number of ether oxygens (including phenoxy) is 1. The molecule has 0 N–H and O–H groups in total. The van der Waals surface area contributed by atoms with Gasteiger partial charge in [0.25, 0.3) is 0 Å². The molecule has 1 atom stereocenters. The van der Waals surface area contributed by atoms with E-state index in [2.05, 4.69) is 17.2 Å². The summed E-state index contributed by atoms with van der Waals surface area (Å²) in [7, 11) is 0. The number of benzene rings is 1. The van der Waals surface area contributed by atoms with E-state index in [1.165, 1.54) is 11.0 Å². The van der Waals surface area contributed by atoms with Gasteiger partial charge in [-0.1, -0.05) is 31.4 Å². The Bertz CT molecular complexity index is 1000. The van der Waals surface area contributed by atoms with Crippen LogP contribution < -0.4 is 9.80 Å². The van der Waals surface area contributed by atoms with Gasteiger partial charge >= 0.3 is 6.09 Å². The number of aryl methyl sites for hydroxylation is 1. The van der Waals surface area contributed by atoms with Crippen LogP contribution in [0.3, 0.4) is 0 Å². The van der Waals surface area contributed by atoms with Crippen molar-refractivity contribution in [2.45, 2.75) is 58.6 Å². The molecule has 2 aliphatic heterocycles. The van der Waals surface area contributed by atoms with Crippen LogP contribution in [0.5, 0.6) is 0 Å². The van der Waals surface area contributed by atoms with E-state index in [9.17, 15) is 9.59 Å². The first-order valence-electron chi connectivity index (χ1n) is 12.1. The zero-order valence-corrected chi connectivity index (χ0v) is 20.0. The fourth-order valence-corrected chi connectivity index (χ4v) is 4.50. The Morgan fingerprint density at radius 2 is 1.97 bits per heavy atom. The molecular weight excluding hydrogens is 439 g/mol. The summed E-state index contributed by atoms with van der Waals surface area (Å²) in [6.07, 6.45) is 5.82. The van der Waals surface area contributed by atoms with Gasteiger partial charge in [-0.2, -0.15) is 0 Å². The number of aromatic nitrogens is 3. The smallest absolute Gasteiger partial charge is 0.414 e. The fourth-order valence-electron chi connectivity index (χ4n) is 4.50. The van der Waals surface area contributed by atoms with Crippen LogP contribution in [0.4, 0.5) is 20.6 Å². The van der Waals surface area contributed by atoms with Gasteiger partial charge in [0.05, 0.1) is 30.2 Å². The highest BCUT2D eigenvalue weighted by Gasteiger charge is 2.33. The third-order valence-corrected chi connectivity index (χ3v) is 6.38. The first-order chi connectivity index (χ1) is 16.4. The zero-order chi connectivity index (χ0) is 24.1. The minimum atomic E-state index is -0.500. The Labute approximate surface area is 199 Å². The molecule has 0 spiro atoms. The molecule has 0 unspecified atom stereocenters. The minimum Gasteiger partial charge on any atom is -0.442 e. The van der Waals surface area contributed by atoms with Crippen LogP contribution in [0.15, 0.2) is 24.4 Å². The second-order valence-electron chi connectivity index (χ2n) is 9.01. The Morgan fingerprint density at radius 3 is 2.65 bits per heavy atom. The number of piperazine rings is 1. The highest BCUT2D eigenvalue weighted by molar-refractivity contribution is 5.90. The molecule has 2 aliphatic rings. The normalized spacial score (nSPS) is 18.5. The predicted octanol–water partition coefficient (Wildman–Crippen LogP) is 3.37. The van der Waals surface area contributed by atoms with Gasteiger partial charge in [-0.3, -0.25) is 9.69 Å². The number of cyclic esters (lactones) is 1. The molecule has 10 heteroatoms. The van der Waals surface area contributed by atoms with Crippen molar-refractivity contribution in [1.29, 1.82) is 0 Å². The average Bonchev–Trinajstić information content (AvgIpc) is 3.41. The topological polar surface area (TPSA) is 83.8 Å². The molecule has 9 nitrogen and oxygen atoms in total. The molecule has 2 saturated heterocycles. The lowest BCUT2D eigenvalue weighted by atomic mass is 10.1. The monoisotopic (exact) mass is 472 g/mol. The van der Waals surface area contributed by atoms with E-state index in [-0.39, 0.29) is 17.8 Å². The van der Waals surface area contributed by atoms with Crippen molar-refractivity contribution in [2.75, 3.05) is 42.5 Å². The number of carbonyl (C=O) groups is 2. The van der Waals surface area contributed by atoms with Crippen LogP contribution in [0.1, 0.15) is 44.7 Å². The zero-order valence-electron chi connectivity index (χ0n) is 20.0. The van der Waals surface area contributed by atoms with Crippen LogP contribution in [-0.2, 0) is 16.1 Å². The molecule has 184 valence electrons. The fraction of sp³-hybridized carbons (Fsp3) is 0.583. The molecule has 0 bridgehead atoms. The van der Waals surface area contributed by atoms with Gasteiger partial charge in [0.1, 0.15) is 11.9 Å². The largest absolute Gasteiger partial charge is 0.442 e. The lowest BCUT2D eigenvalue weighted by Gasteiger charge is -2.36. The van der Waals surface area contributed by atoms with E-state index in [1.54, 1.807) is 23.0 Å². The van der Waals surface area contributed by atoms with Crippen molar-refractivity contribution in [3.8, 4) is 0 Å². The molecule has 2 aromatic rings. The summed E-state index contributed by atoms with van der Waals surface area (Å²) in [5, 5.41) is 7.92. The van der Waals surface area contributed by atoms with Gasteiger partial charge in [-0.15, -0.1) is 5.10 Å². The van der Waals surface area contributed by atoms with Crippen molar-refractivity contribution < 1.29 is 18.7 Å². The average molecular weight is 473 g/mol. The van der Waals surface area contributed by atoms with Gasteiger partial charge in [0.2, 0.25) is 5.91 Å². The molecule has 1 aromatic carbocycles. The van der Waals surface area contributed by atoms with Crippen LogP contribution in [0.25, 0.3) is 0 Å². The van der Waals surface area contributed by atoms with Crippen LogP contribution in [0, 0.1) is 12.7 Å². The van der Waals surface area contributed by atoms with Gasteiger partial charge in [-0.25, -0.2) is 13.9 Å². The number of hydrogen-bond donors (Lipinski definition) is 0. The Morgan fingerprint density at radius 1 is 1.18 bits per heavy atom. The summed E-state index contributed by atoms with van der Waals surface area (Å²) in [6.45, 7) is 7.06. The maximum absolute atomic E-state index is 15.0. The molecule has 2 fully saturated rings. The number of amides is 2. The van der Waals surface area contributed by atoms with Crippen molar-refractivity contribution >= 4 is 23.4 Å². The van der Waals surface area contributed by atoms with Gasteiger partial charge < -0.3 is 14.5 Å². The van der Waals surface area contributed by atoms with Crippen LogP contribution >= 0.6 is 0 Å². The molecular formula is C24H33FN6O3. The molecule has 4 rings (SSSR count). The van der Waals surface area contributed by atoms with Gasteiger partial charge in [0.15, 0.2) is 0 Å².